The van der Waals surface area contributed by atoms with Crippen molar-refractivity contribution in [3.8, 4) is 5.75 Å². The van der Waals surface area contributed by atoms with E-state index in [1.165, 1.54) is 16.7 Å². The van der Waals surface area contributed by atoms with E-state index in [2.05, 4.69) is 5.32 Å². The molecule has 1 amide bonds. The van der Waals surface area contributed by atoms with Crippen LogP contribution in [-0.4, -0.2) is 22.1 Å². The molecule has 2 atom stereocenters. The maximum atomic E-state index is 13.0. The van der Waals surface area contributed by atoms with E-state index in [-0.39, 0.29) is 17.3 Å². The topological polar surface area (TPSA) is 71.3 Å². The summed E-state index contributed by atoms with van der Waals surface area (Å²) in [5, 5.41) is 13.6. The molecule has 2 aromatic carbocycles. The smallest absolute Gasteiger partial charge is 0.293 e. The third-order valence-corrected chi connectivity index (χ3v) is 5.25. The lowest BCUT2D eigenvalue weighted by molar-refractivity contribution is 0.0950. The number of carbonyl (C=O) groups excluding carboxylic acids is 1. The molecule has 5 nitrogen and oxygen atoms in total. The number of rotatable bonds is 4. The number of hydrogen-bond acceptors (Lipinski definition) is 3. The van der Waals surface area contributed by atoms with Crippen molar-refractivity contribution in [2.75, 3.05) is 6.54 Å². The summed E-state index contributed by atoms with van der Waals surface area (Å²) in [6.45, 7) is 0.434. The van der Waals surface area contributed by atoms with E-state index in [1.54, 1.807) is 43.4 Å². The SMILES string of the molecule is Cn1c(=O)c(O)c(C(=O)NC[C@@H]2C[C@H]2c2ccc(F)cc2)c2ccccc21. The standard InChI is InChI=1S/C21H19FN2O3/c1-24-17-5-3-2-4-15(17)18(19(25)21(24)27)20(26)23-11-13-10-16(13)12-6-8-14(22)9-7-12/h2-9,13,16,25H,10-11H2,1H3,(H,23,26)/t13-,16-/m0/s1. The second kappa shape index (κ2) is 6.54. The van der Waals surface area contributed by atoms with Gasteiger partial charge in [-0.3, -0.25) is 9.59 Å². The van der Waals surface area contributed by atoms with Gasteiger partial charge in [-0.15, -0.1) is 0 Å². The fourth-order valence-electron chi connectivity index (χ4n) is 3.61. The van der Waals surface area contributed by atoms with Gasteiger partial charge in [-0.1, -0.05) is 30.3 Å². The van der Waals surface area contributed by atoms with Crippen LogP contribution in [0.3, 0.4) is 0 Å². The van der Waals surface area contributed by atoms with E-state index in [9.17, 15) is 19.1 Å². The van der Waals surface area contributed by atoms with Crippen molar-refractivity contribution in [2.24, 2.45) is 13.0 Å². The van der Waals surface area contributed by atoms with Crippen LogP contribution in [0, 0.1) is 11.7 Å². The highest BCUT2D eigenvalue weighted by Gasteiger charge is 2.38. The average molecular weight is 366 g/mol. The Balaban J connectivity index is 1.53. The molecule has 0 spiro atoms. The Morgan fingerprint density at radius 1 is 1.22 bits per heavy atom. The Hall–Kier alpha value is -3.15. The molecule has 6 heteroatoms. The van der Waals surface area contributed by atoms with Crippen LogP contribution in [0.4, 0.5) is 4.39 Å². The predicted octanol–water partition coefficient (Wildman–Crippen LogP) is 2.92. The van der Waals surface area contributed by atoms with E-state index >= 15 is 0 Å². The molecular weight excluding hydrogens is 347 g/mol. The maximum Gasteiger partial charge on any atom is 0.293 e. The third-order valence-electron chi connectivity index (χ3n) is 5.25. The van der Waals surface area contributed by atoms with E-state index in [0.29, 0.717) is 23.4 Å². The van der Waals surface area contributed by atoms with E-state index < -0.39 is 17.2 Å². The number of para-hydroxylation sites is 1. The Bertz CT molecular complexity index is 1090. The van der Waals surface area contributed by atoms with Gasteiger partial charge in [0.15, 0.2) is 5.75 Å². The summed E-state index contributed by atoms with van der Waals surface area (Å²) in [6, 6.07) is 13.4. The van der Waals surface area contributed by atoms with Crippen molar-refractivity contribution in [2.45, 2.75) is 12.3 Å². The van der Waals surface area contributed by atoms with E-state index in [4.69, 9.17) is 0 Å². The fraction of sp³-hybridized carbons (Fsp3) is 0.238. The van der Waals surface area contributed by atoms with Crippen molar-refractivity contribution in [3.63, 3.8) is 0 Å². The van der Waals surface area contributed by atoms with Crippen LogP contribution in [0.1, 0.15) is 28.3 Å². The van der Waals surface area contributed by atoms with Gasteiger partial charge < -0.3 is 15.0 Å². The minimum Gasteiger partial charge on any atom is -0.502 e. The van der Waals surface area contributed by atoms with Gasteiger partial charge in [-0.05, 0) is 42.0 Å². The number of halogens is 1. The van der Waals surface area contributed by atoms with Gasteiger partial charge in [0.05, 0.1) is 11.1 Å². The molecule has 1 saturated carbocycles. The molecule has 1 heterocycles. The first kappa shape index (κ1) is 17.3. The molecular formula is C21H19FN2O3. The predicted molar refractivity (Wildman–Crippen MR) is 100 cm³/mol. The average Bonchev–Trinajstić information content (AvgIpc) is 3.45. The minimum atomic E-state index is -0.602. The van der Waals surface area contributed by atoms with E-state index in [1.807, 2.05) is 0 Å². The zero-order chi connectivity index (χ0) is 19.1. The normalized spacial score (nSPS) is 18.4. The van der Waals surface area contributed by atoms with Gasteiger partial charge in [-0.25, -0.2) is 4.39 Å². The highest BCUT2D eigenvalue weighted by atomic mass is 19.1. The summed E-state index contributed by atoms with van der Waals surface area (Å²) in [4.78, 5) is 24.9. The first-order valence-corrected chi connectivity index (χ1v) is 8.81. The molecule has 1 aromatic heterocycles. The Morgan fingerprint density at radius 3 is 2.67 bits per heavy atom. The van der Waals surface area contributed by atoms with Crippen LogP contribution in [0.15, 0.2) is 53.3 Å². The van der Waals surface area contributed by atoms with Crippen LogP contribution < -0.4 is 10.9 Å². The molecule has 1 aliphatic carbocycles. The first-order valence-electron chi connectivity index (χ1n) is 8.81. The van der Waals surface area contributed by atoms with Crippen molar-refractivity contribution >= 4 is 16.8 Å². The Labute approximate surface area is 155 Å². The zero-order valence-electron chi connectivity index (χ0n) is 14.8. The number of carbonyl (C=O) groups is 1. The lowest BCUT2D eigenvalue weighted by atomic mass is 10.1. The molecule has 0 aliphatic heterocycles. The second-order valence-electron chi connectivity index (χ2n) is 6.97. The summed E-state index contributed by atoms with van der Waals surface area (Å²) in [5.74, 6) is -0.720. The van der Waals surface area contributed by atoms with Crippen molar-refractivity contribution in [1.29, 1.82) is 0 Å². The number of benzene rings is 2. The molecule has 4 rings (SSSR count). The molecule has 1 fully saturated rings. The molecule has 3 aromatic rings. The van der Waals surface area contributed by atoms with Crippen LogP contribution in [0.25, 0.3) is 10.9 Å². The molecule has 0 unspecified atom stereocenters. The van der Waals surface area contributed by atoms with Crippen LogP contribution in [0.2, 0.25) is 0 Å². The molecule has 2 N–H and O–H groups in total. The van der Waals surface area contributed by atoms with Crippen LogP contribution in [0.5, 0.6) is 5.75 Å². The summed E-state index contributed by atoms with van der Waals surface area (Å²) in [6.07, 6.45) is 0.912. The molecule has 1 aliphatic rings. The zero-order valence-corrected chi connectivity index (χ0v) is 14.8. The number of amides is 1. The molecule has 27 heavy (non-hydrogen) atoms. The quantitative estimate of drug-likeness (QED) is 0.746. The second-order valence-corrected chi connectivity index (χ2v) is 6.97. The number of aryl methyl sites for hydroxylation is 1. The number of aromatic hydroxyl groups is 1. The third kappa shape index (κ3) is 3.07. The van der Waals surface area contributed by atoms with Gasteiger partial charge in [0.25, 0.3) is 11.5 Å². The van der Waals surface area contributed by atoms with Crippen LogP contribution in [-0.2, 0) is 7.05 Å². The number of nitrogens with one attached hydrogen (secondary N) is 1. The monoisotopic (exact) mass is 366 g/mol. The van der Waals surface area contributed by atoms with Gasteiger partial charge in [0.1, 0.15) is 5.82 Å². The number of hydrogen-bond donors (Lipinski definition) is 2. The van der Waals surface area contributed by atoms with E-state index in [0.717, 1.165) is 12.0 Å². The number of nitrogens with zero attached hydrogens (tertiary/aromatic N) is 1. The maximum absolute atomic E-state index is 13.0. The van der Waals surface area contributed by atoms with Gasteiger partial charge in [-0.2, -0.15) is 0 Å². The molecule has 138 valence electrons. The van der Waals surface area contributed by atoms with Gasteiger partial charge in [0, 0.05) is 19.0 Å². The summed E-state index contributed by atoms with van der Waals surface area (Å²) < 4.78 is 14.4. The van der Waals surface area contributed by atoms with Crippen molar-refractivity contribution < 1.29 is 14.3 Å². The molecule has 0 saturated heterocycles. The minimum absolute atomic E-state index is 0.00711. The molecule has 0 radical (unpaired) electrons. The lowest BCUT2D eigenvalue weighted by Gasteiger charge is -2.12. The summed E-state index contributed by atoms with van der Waals surface area (Å²) >= 11 is 0. The summed E-state index contributed by atoms with van der Waals surface area (Å²) in [5.41, 5.74) is 1.04. The fourth-order valence-corrected chi connectivity index (χ4v) is 3.61. The number of pyridine rings is 1. The highest BCUT2D eigenvalue weighted by molar-refractivity contribution is 6.08. The number of fused-ring (bicyclic) bond motifs is 1. The van der Waals surface area contributed by atoms with Gasteiger partial charge in [0.2, 0.25) is 0 Å². The first-order chi connectivity index (χ1) is 13.0. The van der Waals surface area contributed by atoms with Crippen LogP contribution >= 0.6 is 0 Å². The Morgan fingerprint density at radius 2 is 1.93 bits per heavy atom. The highest BCUT2D eigenvalue weighted by Crippen LogP contribution is 2.47. The largest absolute Gasteiger partial charge is 0.502 e. The van der Waals surface area contributed by atoms with Crippen molar-refractivity contribution in [3.05, 3.63) is 75.8 Å². The van der Waals surface area contributed by atoms with Gasteiger partial charge >= 0.3 is 0 Å². The lowest BCUT2D eigenvalue weighted by Crippen LogP contribution is -2.29. The number of aromatic nitrogens is 1. The summed E-state index contributed by atoms with van der Waals surface area (Å²) in [7, 11) is 1.56. The van der Waals surface area contributed by atoms with Crippen molar-refractivity contribution in [1.82, 2.24) is 9.88 Å². The molecule has 0 bridgehead atoms. The Kier molecular flexibility index (Phi) is 4.18.